The molecule has 1 aromatic rings. The zero-order chi connectivity index (χ0) is 28.3. The van der Waals surface area contributed by atoms with Gasteiger partial charge in [-0.05, 0) is 30.2 Å². The number of rotatable bonds is 13. The fourth-order valence-electron chi connectivity index (χ4n) is 3.50. The third-order valence-electron chi connectivity index (χ3n) is 5.60. The first-order valence-electron chi connectivity index (χ1n) is 11.8. The number of carbonyl (C=O) groups excluding carboxylic acids is 4. The topological polar surface area (TPSA) is 245 Å². The maximum atomic E-state index is 13.2. The van der Waals surface area contributed by atoms with E-state index in [0.717, 1.165) is 0 Å². The van der Waals surface area contributed by atoms with Crippen LogP contribution in [0, 0.1) is 16.7 Å². The summed E-state index contributed by atoms with van der Waals surface area (Å²) in [6, 6.07) is 4.52. The van der Waals surface area contributed by atoms with E-state index in [9.17, 15) is 19.2 Å². The lowest BCUT2D eigenvalue weighted by Crippen LogP contribution is -2.59. The number of guanidine groups is 1. The SMILES string of the molecule is CNC(=O)C(Cc1ccc(C(=N)N)cc1)C(=O)NC(C(=O)N[C@@H](CCCN=C(N)N)C(N)=O)C(C)(C)C. The van der Waals surface area contributed by atoms with E-state index in [4.69, 9.17) is 28.3 Å². The summed E-state index contributed by atoms with van der Waals surface area (Å²) in [5.41, 5.74) is 21.9. The minimum Gasteiger partial charge on any atom is -0.384 e. The van der Waals surface area contributed by atoms with E-state index >= 15 is 0 Å². The van der Waals surface area contributed by atoms with Crippen molar-refractivity contribution < 1.29 is 19.2 Å². The Bertz CT molecular complexity index is 1010. The van der Waals surface area contributed by atoms with Crippen LogP contribution in [-0.2, 0) is 25.6 Å². The molecule has 0 bridgehead atoms. The van der Waals surface area contributed by atoms with Crippen molar-refractivity contribution in [3.63, 3.8) is 0 Å². The number of hydrogen-bond donors (Lipinski definition) is 8. The van der Waals surface area contributed by atoms with Gasteiger partial charge in [-0.2, -0.15) is 0 Å². The van der Waals surface area contributed by atoms with E-state index in [2.05, 4.69) is 20.9 Å². The summed E-state index contributed by atoms with van der Waals surface area (Å²) in [6.07, 6.45) is 0.635. The zero-order valence-corrected chi connectivity index (χ0v) is 21.8. The maximum absolute atomic E-state index is 13.2. The van der Waals surface area contributed by atoms with Gasteiger partial charge in [-0.1, -0.05) is 45.0 Å². The third-order valence-corrected chi connectivity index (χ3v) is 5.60. The molecule has 0 heterocycles. The molecule has 0 spiro atoms. The Labute approximate surface area is 216 Å². The highest BCUT2D eigenvalue weighted by Gasteiger charge is 2.37. The van der Waals surface area contributed by atoms with Gasteiger partial charge in [-0.25, -0.2) is 0 Å². The van der Waals surface area contributed by atoms with Crippen LogP contribution in [0.2, 0.25) is 0 Å². The van der Waals surface area contributed by atoms with E-state index in [1.54, 1.807) is 45.0 Å². The molecule has 1 rings (SSSR count). The third kappa shape index (κ3) is 10.2. The lowest BCUT2D eigenvalue weighted by Gasteiger charge is -2.32. The highest BCUT2D eigenvalue weighted by Crippen LogP contribution is 2.21. The molecule has 0 radical (unpaired) electrons. The molecule has 0 fully saturated rings. The maximum Gasteiger partial charge on any atom is 0.243 e. The van der Waals surface area contributed by atoms with Gasteiger partial charge in [0.15, 0.2) is 5.96 Å². The number of nitrogens with zero attached hydrogens (tertiary/aromatic N) is 1. The Morgan fingerprint density at radius 1 is 0.946 bits per heavy atom. The summed E-state index contributed by atoms with van der Waals surface area (Å²) >= 11 is 0. The Balaban J connectivity index is 3.06. The Kier molecular flexibility index (Phi) is 11.5. The number of amides is 4. The highest BCUT2D eigenvalue weighted by molar-refractivity contribution is 6.02. The molecule has 204 valence electrons. The first kappa shape index (κ1) is 30.9. The monoisotopic (exact) mass is 517 g/mol. The average molecular weight is 518 g/mol. The van der Waals surface area contributed by atoms with Crippen molar-refractivity contribution in [1.29, 1.82) is 5.41 Å². The van der Waals surface area contributed by atoms with Crippen LogP contribution < -0.4 is 38.9 Å². The lowest BCUT2D eigenvalue weighted by molar-refractivity contribution is -0.139. The lowest BCUT2D eigenvalue weighted by atomic mass is 9.85. The van der Waals surface area contributed by atoms with Gasteiger partial charge in [0.1, 0.15) is 23.8 Å². The van der Waals surface area contributed by atoms with Crippen molar-refractivity contribution in [3.05, 3.63) is 35.4 Å². The number of nitrogens with two attached hydrogens (primary N) is 4. The van der Waals surface area contributed by atoms with Crippen LogP contribution in [0.4, 0.5) is 0 Å². The van der Waals surface area contributed by atoms with E-state index in [1.165, 1.54) is 7.05 Å². The molecule has 37 heavy (non-hydrogen) atoms. The van der Waals surface area contributed by atoms with Gasteiger partial charge in [0, 0.05) is 19.2 Å². The molecule has 1 aromatic carbocycles. The molecule has 12 N–H and O–H groups in total. The first-order chi connectivity index (χ1) is 17.2. The van der Waals surface area contributed by atoms with Gasteiger partial charge >= 0.3 is 0 Å². The highest BCUT2D eigenvalue weighted by atomic mass is 16.2. The van der Waals surface area contributed by atoms with E-state index in [-0.39, 0.29) is 31.2 Å². The fourth-order valence-corrected chi connectivity index (χ4v) is 3.50. The number of hydrogen-bond acceptors (Lipinski definition) is 6. The zero-order valence-electron chi connectivity index (χ0n) is 21.8. The molecular weight excluding hydrogens is 478 g/mol. The summed E-state index contributed by atoms with van der Waals surface area (Å²) in [6.45, 7) is 5.48. The van der Waals surface area contributed by atoms with Crippen LogP contribution in [-0.4, -0.2) is 61.1 Å². The molecule has 4 amide bonds. The van der Waals surface area contributed by atoms with E-state index < -0.39 is 47.0 Å². The second-order valence-corrected chi connectivity index (χ2v) is 9.70. The van der Waals surface area contributed by atoms with Crippen LogP contribution in [0.1, 0.15) is 44.7 Å². The van der Waals surface area contributed by atoms with Gasteiger partial charge in [-0.3, -0.25) is 29.6 Å². The molecule has 0 saturated heterocycles. The standard InChI is InChI=1S/C24H39N9O4/c1-24(2,3)17(22(37)32-16(19(27)34)6-5-11-31-23(28)29)33-21(36)15(20(35)30-4)12-13-7-9-14(10-8-13)18(25)26/h7-10,15-17H,5-6,11-12H2,1-4H3,(H3,25,26)(H2,27,34)(H,30,35)(H,32,37)(H,33,36)(H4,28,29,31)/t15?,16-,17?/m0/s1. The number of carbonyl (C=O) groups is 4. The van der Waals surface area contributed by atoms with Gasteiger partial charge < -0.3 is 38.9 Å². The quantitative estimate of drug-likeness (QED) is 0.0660. The van der Waals surface area contributed by atoms with Crippen molar-refractivity contribution in [1.82, 2.24) is 16.0 Å². The summed E-state index contributed by atoms with van der Waals surface area (Å²) < 4.78 is 0. The first-order valence-corrected chi connectivity index (χ1v) is 11.8. The molecule has 0 aliphatic carbocycles. The van der Waals surface area contributed by atoms with Gasteiger partial charge in [0.25, 0.3) is 0 Å². The van der Waals surface area contributed by atoms with Crippen LogP contribution in [0.5, 0.6) is 0 Å². The number of aliphatic imine (C=N–C) groups is 1. The average Bonchev–Trinajstić information content (AvgIpc) is 2.81. The molecule has 13 nitrogen and oxygen atoms in total. The Hall–Kier alpha value is -4.16. The molecule has 0 aliphatic rings. The molecular formula is C24H39N9O4. The van der Waals surface area contributed by atoms with Crippen molar-refractivity contribution in [2.24, 2.45) is 39.3 Å². The van der Waals surface area contributed by atoms with Crippen molar-refractivity contribution in [2.45, 2.75) is 52.1 Å². The van der Waals surface area contributed by atoms with Gasteiger partial charge in [-0.15, -0.1) is 0 Å². The summed E-state index contributed by atoms with van der Waals surface area (Å²) in [4.78, 5) is 54.8. The molecule has 2 unspecified atom stereocenters. The summed E-state index contributed by atoms with van der Waals surface area (Å²) in [5.74, 6) is -3.88. The number of nitrogens with one attached hydrogen (secondary N) is 4. The minimum absolute atomic E-state index is 0.0525. The second kappa shape index (κ2) is 13.8. The van der Waals surface area contributed by atoms with Crippen LogP contribution in [0.15, 0.2) is 29.3 Å². The van der Waals surface area contributed by atoms with Gasteiger partial charge in [0.05, 0.1) is 0 Å². The second-order valence-electron chi connectivity index (χ2n) is 9.70. The largest absolute Gasteiger partial charge is 0.384 e. The minimum atomic E-state index is -1.14. The number of primary amides is 1. The normalized spacial score (nSPS) is 13.4. The Morgan fingerprint density at radius 2 is 1.54 bits per heavy atom. The predicted molar refractivity (Wildman–Crippen MR) is 141 cm³/mol. The summed E-state index contributed by atoms with van der Waals surface area (Å²) in [7, 11) is 1.41. The molecule has 0 saturated carbocycles. The smallest absolute Gasteiger partial charge is 0.243 e. The fraction of sp³-hybridized carbons (Fsp3) is 0.500. The van der Waals surface area contributed by atoms with Gasteiger partial charge in [0.2, 0.25) is 23.6 Å². The van der Waals surface area contributed by atoms with Crippen LogP contribution in [0.3, 0.4) is 0 Å². The number of amidine groups is 1. The van der Waals surface area contributed by atoms with Crippen LogP contribution in [0.25, 0.3) is 0 Å². The summed E-state index contributed by atoms with van der Waals surface area (Å²) in [5, 5.41) is 15.2. The van der Waals surface area contributed by atoms with E-state index in [0.29, 0.717) is 17.5 Å². The molecule has 0 aromatic heterocycles. The van der Waals surface area contributed by atoms with E-state index in [1.807, 2.05) is 0 Å². The molecule has 13 heteroatoms. The molecule has 3 atom stereocenters. The predicted octanol–water partition coefficient (Wildman–Crippen LogP) is -1.57. The van der Waals surface area contributed by atoms with Crippen molar-refractivity contribution in [2.75, 3.05) is 13.6 Å². The Morgan fingerprint density at radius 3 is 2.00 bits per heavy atom. The molecule has 0 aliphatic heterocycles. The number of benzene rings is 1. The van der Waals surface area contributed by atoms with Crippen LogP contribution >= 0.6 is 0 Å². The number of nitrogen functional groups attached to an aromatic ring is 1. The van der Waals surface area contributed by atoms with Crippen molar-refractivity contribution in [3.8, 4) is 0 Å². The van der Waals surface area contributed by atoms with Crippen molar-refractivity contribution >= 4 is 35.4 Å².